The Hall–Kier alpha value is -3.77. The third-order valence-corrected chi connectivity index (χ3v) is 6.13. The lowest BCUT2D eigenvalue weighted by Crippen LogP contribution is -2.29. The second-order valence-electron chi connectivity index (χ2n) is 7.81. The number of ketones is 1. The predicted molar refractivity (Wildman–Crippen MR) is 132 cm³/mol. The molecular weight excluding hydrogens is 454 g/mol. The number of aryl methyl sites for hydroxylation is 1. The number of ether oxygens (including phenoxy) is 2. The van der Waals surface area contributed by atoms with Gasteiger partial charge in [0.15, 0.2) is 0 Å². The number of nitrogens with zero attached hydrogens (tertiary/aromatic N) is 1. The van der Waals surface area contributed by atoms with E-state index in [2.05, 4.69) is 0 Å². The summed E-state index contributed by atoms with van der Waals surface area (Å²) in [6.07, 6.45) is 0.840. The smallest absolute Gasteiger partial charge is 0.300 e. The highest BCUT2D eigenvalue weighted by atomic mass is 35.5. The summed E-state index contributed by atoms with van der Waals surface area (Å²) in [5.74, 6) is -1.01. The highest BCUT2D eigenvalue weighted by Gasteiger charge is 2.47. The van der Waals surface area contributed by atoms with Gasteiger partial charge in [-0.05, 0) is 60.0 Å². The summed E-state index contributed by atoms with van der Waals surface area (Å²) < 4.78 is 10.7. The van der Waals surface area contributed by atoms with Gasteiger partial charge < -0.3 is 14.6 Å². The third-order valence-electron chi connectivity index (χ3n) is 5.89. The average molecular weight is 478 g/mol. The quantitative estimate of drug-likeness (QED) is 0.286. The molecule has 1 amide bonds. The van der Waals surface area contributed by atoms with Crippen LogP contribution in [-0.4, -0.2) is 31.0 Å². The van der Waals surface area contributed by atoms with Crippen LogP contribution in [0.25, 0.3) is 5.76 Å². The minimum atomic E-state index is -0.883. The highest BCUT2D eigenvalue weighted by molar-refractivity contribution is 6.51. The van der Waals surface area contributed by atoms with Crippen LogP contribution in [0.5, 0.6) is 11.5 Å². The molecule has 0 bridgehead atoms. The Kier molecular flexibility index (Phi) is 6.61. The molecule has 0 aromatic heterocycles. The molecule has 0 spiro atoms. The van der Waals surface area contributed by atoms with E-state index in [9.17, 15) is 14.7 Å². The number of anilines is 1. The summed E-state index contributed by atoms with van der Waals surface area (Å²) in [6.45, 7) is 2.04. The van der Waals surface area contributed by atoms with Crippen LogP contribution in [0.15, 0.2) is 72.3 Å². The summed E-state index contributed by atoms with van der Waals surface area (Å²) in [7, 11) is 2.99. The molecule has 6 nitrogen and oxygen atoms in total. The number of carbonyl (C=O) groups excluding carboxylic acids is 2. The first kappa shape index (κ1) is 23.4. The molecule has 0 aliphatic carbocycles. The second kappa shape index (κ2) is 9.61. The molecule has 3 aromatic carbocycles. The normalized spacial score (nSPS) is 17.2. The van der Waals surface area contributed by atoms with Crippen molar-refractivity contribution < 1.29 is 24.2 Å². The third kappa shape index (κ3) is 4.13. The maximum Gasteiger partial charge on any atom is 0.300 e. The number of hydrogen-bond donors (Lipinski definition) is 1. The van der Waals surface area contributed by atoms with E-state index in [4.69, 9.17) is 21.1 Å². The van der Waals surface area contributed by atoms with E-state index in [0.29, 0.717) is 27.8 Å². The van der Waals surface area contributed by atoms with Crippen LogP contribution in [-0.2, 0) is 16.0 Å². The molecule has 1 N–H and O–H groups in total. The van der Waals surface area contributed by atoms with Gasteiger partial charge in [-0.3, -0.25) is 14.5 Å². The number of rotatable bonds is 6. The lowest BCUT2D eigenvalue weighted by molar-refractivity contribution is -0.132. The number of methoxy groups -OCH3 is 2. The van der Waals surface area contributed by atoms with E-state index in [-0.39, 0.29) is 16.9 Å². The SMILES string of the molecule is CCc1ccc(N2C(=O)C(=O)/C(=C(/O)c3cc(Cl)ccc3OC)C2c2cccc(OC)c2)cc1. The van der Waals surface area contributed by atoms with Crippen LogP contribution in [0.4, 0.5) is 5.69 Å². The molecule has 1 saturated heterocycles. The number of carbonyl (C=O) groups is 2. The highest BCUT2D eigenvalue weighted by Crippen LogP contribution is 2.44. The summed E-state index contributed by atoms with van der Waals surface area (Å²) in [5.41, 5.74) is 2.42. The Balaban J connectivity index is 1.97. The summed E-state index contributed by atoms with van der Waals surface area (Å²) >= 11 is 6.17. The zero-order valence-electron chi connectivity index (χ0n) is 19.0. The number of aliphatic hydroxyl groups is 1. The maximum atomic E-state index is 13.3. The zero-order valence-corrected chi connectivity index (χ0v) is 19.8. The van der Waals surface area contributed by atoms with Gasteiger partial charge in [-0.1, -0.05) is 42.8 Å². The molecule has 3 aromatic rings. The lowest BCUT2D eigenvalue weighted by atomic mass is 9.94. The van der Waals surface area contributed by atoms with Crippen molar-refractivity contribution in [2.45, 2.75) is 19.4 Å². The minimum absolute atomic E-state index is 0.0570. The molecule has 174 valence electrons. The second-order valence-corrected chi connectivity index (χ2v) is 8.25. The first-order valence-electron chi connectivity index (χ1n) is 10.8. The Bertz CT molecular complexity index is 1280. The monoisotopic (exact) mass is 477 g/mol. The minimum Gasteiger partial charge on any atom is -0.507 e. The largest absolute Gasteiger partial charge is 0.507 e. The van der Waals surface area contributed by atoms with Crippen LogP contribution < -0.4 is 14.4 Å². The first-order valence-corrected chi connectivity index (χ1v) is 11.1. The average Bonchev–Trinajstić information content (AvgIpc) is 3.14. The van der Waals surface area contributed by atoms with Crippen molar-refractivity contribution in [3.8, 4) is 11.5 Å². The Morgan fingerprint density at radius 2 is 1.74 bits per heavy atom. The number of amides is 1. The van der Waals surface area contributed by atoms with Crippen molar-refractivity contribution in [2.75, 3.05) is 19.1 Å². The fourth-order valence-corrected chi connectivity index (χ4v) is 4.30. The molecule has 0 saturated carbocycles. The topological polar surface area (TPSA) is 76.1 Å². The number of hydrogen-bond acceptors (Lipinski definition) is 5. The molecule has 1 atom stereocenters. The molecule has 34 heavy (non-hydrogen) atoms. The van der Waals surface area contributed by atoms with Crippen molar-refractivity contribution in [1.29, 1.82) is 0 Å². The van der Waals surface area contributed by atoms with E-state index in [0.717, 1.165) is 12.0 Å². The van der Waals surface area contributed by atoms with Crippen molar-refractivity contribution in [3.05, 3.63) is 94.0 Å². The Labute approximate surface area is 203 Å². The number of Topliss-reactive ketones (excluding diaryl/α,β-unsaturated/α-hetero) is 1. The lowest BCUT2D eigenvalue weighted by Gasteiger charge is -2.26. The molecule has 7 heteroatoms. The Morgan fingerprint density at radius 3 is 2.38 bits per heavy atom. The van der Waals surface area contributed by atoms with Crippen LogP contribution in [0.1, 0.15) is 29.7 Å². The Morgan fingerprint density at radius 1 is 1.00 bits per heavy atom. The molecule has 1 heterocycles. The van der Waals surface area contributed by atoms with Crippen molar-refractivity contribution in [2.24, 2.45) is 0 Å². The van der Waals surface area contributed by atoms with Crippen LogP contribution in [0.3, 0.4) is 0 Å². The van der Waals surface area contributed by atoms with E-state index >= 15 is 0 Å². The molecule has 1 unspecified atom stereocenters. The summed E-state index contributed by atoms with van der Waals surface area (Å²) in [6, 6.07) is 18.3. The maximum absolute atomic E-state index is 13.3. The molecular formula is C27H24ClNO5. The number of halogens is 1. The van der Waals surface area contributed by atoms with E-state index < -0.39 is 17.7 Å². The van der Waals surface area contributed by atoms with Crippen LogP contribution in [0.2, 0.25) is 5.02 Å². The van der Waals surface area contributed by atoms with E-state index in [1.807, 2.05) is 19.1 Å². The van der Waals surface area contributed by atoms with Gasteiger partial charge in [0.05, 0.1) is 31.4 Å². The van der Waals surface area contributed by atoms with Crippen molar-refractivity contribution >= 4 is 34.7 Å². The van der Waals surface area contributed by atoms with Crippen molar-refractivity contribution in [1.82, 2.24) is 0 Å². The van der Waals surface area contributed by atoms with Gasteiger partial charge >= 0.3 is 0 Å². The van der Waals surface area contributed by atoms with Gasteiger partial charge in [0.1, 0.15) is 17.3 Å². The summed E-state index contributed by atoms with van der Waals surface area (Å²) in [4.78, 5) is 28.0. The van der Waals surface area contributed by atoms with E-state index in [1.54, 1.807) is 48.5 Å². The van der Waals surface area contributed by atoms with Crippen LogP contribution in [0, 0.1) is 0 Å². The van der Waals surface area contributed by atoms with Crippen molar-refractivity contribution in [3.63, 3.8) is 0 Å². The van der Waals surface area contributed by atoms with Gasteiger partial charge in [0.2, 0.25) is 0 Å². The van der Waals surface area contributed by atoms with Crippen LogP contribution >= 0.6 is 11.6 Å². The first-order chi connectivity index (χ1) is 16.4. The van der Waals surface area contributed by atoms with Gasteiger partial charge in [-0.15, -0.1) is 0 Å². The van der Waals surface area contributed by atoms with Gasteiger partial charge in [-0.25, -0.2) is 0 Å². The predicted octanol–water partition coefficient (Wildman–Crippen LogP) is 5.55. The molecule has 1 fully saturated rings. The van der Waals surface area contributed by atoms with Gasteiger partial charge in [0.25, 0.3) is 11.7 Å². The van der Waals surface area contributed by atoms with Gasteiger partial charge in [0, 0.05) is 10.7 Å². The molecule has 0 radical (unpaired) electrons. The fourth-order valence-electron chi connectivity index (χ4n) is 4.13. The van der Waals surface area contributed by atoms with Gasteiger partial charge in [-0.2, -0.15) is 0 Å². The fraction of sp³-hybridized carbons (Fsp3) is 0.185. The zero-order chi connectivity index (χ0) is 24.4. The standard InChI is InChI=1S/C27H24ClNO5/c1-4-16-8-11-19(12-9-16)29-24(17-6-5-7-20(14-17)33-2)23(26(31)27(29)32)25(30)21-15-18(28)10-13-22(21)34-3/h5-15,24,30H,4H2,1-3H3/b25-23+. The summed E-state index contributed by atoms with van der Waals surface area (Å²) in [5, 5.41) is 11.7. The molecule has 1 aliphatic heterocycles. The van der Waals surface area contributed by atoms with E-state index in [1.165, 1.54) is 25.2 Å². The number of aliphatic hydroxyl groups excluding tert-OH is 1. The number of benzene rings is 3. The molecule has 1 aliphatic rings. The molecule has 4 rings (SSSR count).